The summed E-state index contributed by atoms with van der Waals surface area (Å²) in [5.74, 6) is -1.70. The molecule has 0 spiro atoms. The highest BCUT2D eigenvalue weighted by Gasteiger charge is 2.38. The molecule has 3 rings (SSSR count). The van der Waals surface area contributed by atoms with Gasteiger partial charge in [-0.1, -0.05) is 29.4 Å². The number of aromatic nitrogens is 2. The second kappa shape index (κ2) is 7.74. The molecule has 5 nitrogen and oxygen atoms in total. The minimum absolute atomic E-state index is 0.0172. The van der Waals surface area contributed by atoms with Crippen LogP contribution in [-0.4, -0.2) is 20.6 Å². The maximum absolute atomic E-state index is 12.7. The van der Waals surface area contributed by atoms with Crippen molar-refractivity contribution in [3.8, 4) is 11.4 Å². The van der Waals surface area contributed by atoms with Crippen molar-refractivity contribution in [2.75, 3.05) is 6.26 Å². The van der Waals surface area contributed by atoms with Gasteiger partial charge in [-0.05, 0) is 29.8 Å². The molecule has 0 N–H and O–H groups in total. The molecule has 1 unspecified atom stereocenters. The third-order valence-corrected chi connectivity index (χ3v) is 5.76. The number of rotatable bonds is 4. The Hall–Kier alpha value is -2.89. The van der Waals surface area contributed by atoms with Crippen LogP contribution in [0.2, 0.25) is 0 Å². The minimum atomic E-state index is -4.75. The summed E-state index contributed by atoms with van der Waals surface area (Å²) in [6.07, 6.45) is -7.93. The molecule has 0 fully saturated rings. The molecule has 3 aromatic rings. The van der Waals surface area contributed by atoms with E-state index in [9.17, 15) is 30.6 Å². The third-order valence-electron chi connectivity index (χ3n) is 3.99. The van der Waals surface area contributed by atoms with Crippen molar-refractivity contribution in [1.29, 1.82) is 0 Å². The summed E-state index contributed by atoms with van der Waals surface area (Å²) in [6.45, 7) is -0.0172. The Morgan fingerprint density at radius 3 is 2.03 bits per heavy atom. The van der Waals surface area contributed by atoms with Crippen molar-refractivity contribution in [3.63, 3.8) is 0 Å². The lowest BCUT2D eigenvalue weighted by Crippen LogP contribution is -2.05. The van der Waals surface area contributed by atoms with E-state index in [0.717, 1.165) is 24.3 Å². The Balaban J connectivity index is 1.75. The van der Waals surface area contributed by atoms with Crippen LogP contribution in [0.5, 0.6) is 0 Å². The zero-order valence-corrected chi connectivity index (χ0v) is 16.0. The third kappa shape index (κ3) is 4.99. The molecule has 160 valence electrons. The number of benzene rings is 2. The van der Waals surface area contributed by atoms with Crippen molar-refractivity contribution >= 4 is 9.73 Å². The molecular formula is C18H13F6N3O2S. The summed E-state index contributed by atoms with van der Waals surface area (Å²) in [4.78, 5) is 3.43. The second-order valence-corrected chi connectivity index (χ2v) is 8.56. The summed E-state index contributed by atoms with van der Waals surface area (Å²) in [6, 6.07) is 9.87. The summed E-state index contributed by atoms with van der Waals surface area (Å²) in [5.41, 5.74) is 0.00457. The van der Waals surface area contributed by atoms with Gasteiger partial charge in [-0.25, -0.2) is 8.57 Å². The predicted molar refractivity (Wildman–Crippen MR) is 94.6 cm³/mol. The van der Waals surface area contributed by atoms with E-state index in [1.54, 1.807) is 0 Å². The molecule has 0 saturated heterocycles. The summed E-state index contributed by atoms with van der Waals surface area (Å²) in [5, 5.41) is 3.28. The molecule has 0 aliphatic carbocycles. The lowest BCUT2D eigenvalue weighted by Gasteiger charge is -2.09. The second-order valence-electron chi connectivity index (χ2n) is 6.23. The Labute approximate surface area is 166 Å². The average Bonchev–Trinajstić information content (AvgIpc) is 3.17. The van der Waals surface area contributed by atoms with E-state index in [4.69, 9.17) is 0 Å². The molecule has 0 bridgehead atoms. The average molecular weight is 449 g/mol. The fourth-order valence-electron chi connectivity index (χ4n) is 2.38. The van der Waals surface area contributed by atoms with Gasteiger partial charge in [0.2, 0.25) is 5.82 Å². The molecule has 1 aromatic heterocycles. The van der Waals surface area contributed by atoms with Crippen LogP contribution in [-0.2, 0) is 28.6 Å². The zero-order chi connectivity index (χ0) is 22.2. The summed E-state index contributed by atoms with van der Waals surface area (Å²) in [7, 11) is -2.95. The summed E-state index contributed by atoms with van der Waals surface area (Å²) >= 11 is 0. The quantitative estimate of drug-likeness (QED) is 0.498. The number of alkyl halides is 6. The van der Waals surface area contributed by atoms with Gasteiger partial charge in [-0.2, -0.15) is 31.3 Å². The Morgan fingerprint density at radius 2 is 1.53 bits per heavy atom. The fourth-order valence-corrected chi connectivity index (χ4v) is 3.57. The van der Waals surface area contributed by atoms with E-state index in [1.165, 1.54) is 30.5 Å². The van der Waals surface area contributed by atoms with Gasteiger partial charge in [0.15, 0.2) is 0 Å². The van der Waals surface area contributed by atoms with E-state index < -0.39 is 33.5 Å². The first-order chi connectivity index (χ1) is 13.9. The van der Waals surface area contributed by atoms with Crippen LogP contribution in [0.1, 0.15) is 17.0 Å². The molecule has 30 heavy (non-hydrogen) atoms. The standard InChI is InChI=1S/C18H13F6N3O2S/c1-30(28,14-8-6-13(7-9-14)17(19,20)21)25-10-11-2-4-12(5-3-11)15-26-16(29-27-15)18(22,23)24/h2-9H,10H2,1H3. The molecule has 0 aliphatic rings. The van der Waals surface area contributed by atoms with Gasteiger partial charge in [0.05, 0.1) is 21.8 Å². The molecule has 1 atom stereocenters. The topological polar surface area (TPSA) is 68.3 Å². The largest absolute Gasteiger partial charge is 0.471 e. The normalized spacial score (nSPS) is 14.4. The molecule has 1 heterocycles. The number of hydrogen-bond donors (Lipinski definition) is 0. The van der Waals surface area contributed by atoms with E-state index >= 15 is 0 Å². The monoisotopic (exact) mass is 449 g/mol. The highest BCUT2D eigenvalue weighted by molar-refractivity contribution is 7.93. The van der Waals surface area contributed by atoms with Crippen LogP contribution in [0.4, 0.5) is 26.3 Å². The first-order valence-electron chi connectivity index (χ1n) is 8.22. The van der Waals surface area contributed by atoms with Crippen molar-refractivity contribution in [2.45, 2.75) is 23.8 Å². The lowest BCUT2D eigenvalue weighted by molar-refractivity contribution is -0.159. The van der Waals surface area contributed by atoms with Crippen LogP contribution < -0.4 is 0 Å². The SMILES string of the molecule is CS(=O)(=NCc1ccc(-c2noc(C(F)(F)F)n2)cc1)c1ccc(C(F)(F)F)cc1. The van der Waals surface area contributed by atoms with E-state index in [2.05, 4.69) is 19.0 Å². The lowest BCUT2D eigenvalue weighted by atomic mass is 10.1. The van der Waals surface area contributed by atoms with Crippen LogP contribution in [0, 0.1) is 0 Å². The molecule has 0 saturated carbocycles. The van der Waals surface area contributed by atoms with Gasteiger partial charge in [0.25, 0.3) is 0 Å². The number of halogens is 6. The zero-order valence-electron chi connectivity index (χ0n) is 15.2. The fraction of sp³-hybridized carbons (Fsp3) is 0.222. The van der Waals surface area contributed by atoms with Crippen LogP contribution >= 0.6 is 0 Å². The molecule has 12 heteroatoms. The number of nitrogens with zero attached hydrogens (tertiary/aromatic N) is 3. The number of hydrogen-bond acceptors (Lipinski definition) is 5. The minimum Gasteiger partial charge on any atom is -0.329 e. The summed E-state index contributed by atoms with van der Waals surface area (Å²) < 4.78 is 96.4. The highest BCUT2D eigenvalue weighted by Crippen LogP contribution is 2.31. The van der Waals surface area contributed by atoms with Crippen LogP contribution in [0.3, 0.4) is 0 Å². The van der Waals surface area contributed by atoms with Gasteiger partial charge in [-0.15, -0.1) is 0 Å². The molecular weight excluding hydrogens is 436 g/mol. The molecule has 0 aliphatic heterocycles. The van der Waals surface area contributed by atoms with Crippen LogP contribution in [0.25, 0.3) is 11.4 Å². The van der Waals surface area contributed by atoms with Gasteiger partial charge < -0.3 is 4.52 Å². The highest BCUT2D eigenvalue weighted by atomic mass is 32.2. The molecule has 0 amide bonds. The van der Waals surface area contributed by atoms with Gasteiger partial charge in [0.1, 0.15) is 0 Å². The van der Waals surface area contributed by atoms with Crippen LogP contribution in [0.15, 0.2) is 62.3 Å². The van der Waals surface area contributed by atoms with E-state index in [0.29, 0.717) is 5.56 Å². The van der Waals surface area contributed by atoms with Crippen molar-refractivity contribution in [3.05, 3.63) is 65.5 Å². The Kier molecular flexibility index (Phi) is 5.63. The Bertz CT molecular complexity index is 1140. The van der Waals surface area contributed by atoms with Crippen molar-refractivity contribution < 1.29 is 35.1 Å². The maximum Gasteiger partial charge on any atom is 0.471 e. The Morgan fingerprint density at radius 1 is 0.933 bits per heavy atom. The van der Waals surface area contributed by atoms with Gasteiger partial charge in [0, 0.05) is 16.7 Å². The molecule has 0 radical (unpaired) electrons. The van der Waals surface area contributed by atoms with E-state index in [1.807, 2.05) is 0 Å². The van der Waals surface area contributed by atoms with Gasteiger partial charge in [-0.3, -0.25) is 0 Å². The smallest absolute Gasteiger partial charge is 0.329 e. The predicted octanol–water partition coefficient (Wildman–Crippen LogP) is 5.43. The first-order valence-corrected chi connectivity index (χ1v) is 10.1. The van der Waals surface area contributed by atoms with Gasteiger partial charge >= 0.3 is 18.2 Å². The van der Waals surface area contributed by atoms with Crippen molar-refractivity contribution in [1.82, 2.24) is 10.1 Å². The maximum atomic E-state index is 12.7. The molecule has 2 aromatic carbocycles. The first kappa shape index (κ1) is 21.8. The van der Waals surface area contributed by atoms with E-state index in [-0.39, 0.29) is 22.8 Å². The van der Waals surface area contributed by atoms with Crippen molar-refractivity contribution in [2.24, 2.45) is 4.36 Å².